The van der Waals surface area contributed by atoms with Crippen molar-refractivity contribution in [2.75, 3.05) is 10.6 Å². The maximum Gasteiger partial charge on any atom is 0.275 e. The Bertz CT molecular complexity index is 764. The summed E-state index contributed by atoms with van der Waals surface area (Å²) in [6.07, 6.45) is 4.18. The Labute approximate surface area is 167 Å². The van der Waals surface area contributed by atoms with E-state index in [9.17, 15) is 9.59 Å². The first-order valence-electron chi connectivity index (χ1n) is 7.42. The van der Waals surface area contributed by atoms with Crippen LogP contribution in [0.25, 0.3) is 0 Å². The number of halogens is 3. The number of carbonyl (C=O) groups excluding carboxylic acids is 2. The quantitative estimate of drug-likeness (QED) is 0.689. The number of nitrogens with zero attached hydrogens (tertiary/aromatic N) is 2. The fourth-order valence-electron chi connectivity index (χ4n) is 1.85. The molecule has 0 aliphatic rings. The topological polar surface area (TPSA) is 110 Å². The van der Waals surface area contributed by atoms with Crippen LogP contribution >= 0.6 is 35.6 Å². The summed E-state index contributed by atoms with van der Waals surface area (Å²) in [6.45, 7) is 3.47. The third kappa shape index (κ3) is 5.54. The van der Waals surface area contributed by atoms with E-state index in [0.717, 1.165) is 0 Å². The summed E-state index contributed by atoms with van der Waals surface area (Å²) in [6, 6.07) is 2.69. The molecule has 140 valence electrons. The van der Waals surface area contributed by atoms with Crippen molar-refractivity contribution in [3.8, 4) is 0 Å². The summed E-state index contributed by atoms with van der Waals surface area (Å²) in [5.41, 5.74) is 6.46. The third-order valence-corrected chi connectivity index (χ3v) is 4.14. The number of nitrogens with two attached hydrogens (primary N) is 1. The Morgan fingerprint density at radius 3 is 2.23 bits per heavy atom. The van der Waals surface area contributed by atoms with E-state index in [1.54, 1.807) is 13.8 Å². The van der Waals surface area contributed by atoms with E-state index in [1.807, 2.05) is 0 Å². The zero-order chi connectivity index (χ0) is 18.6. The molecule has 2 unspecified atom stereocenters. The molecule has 26 heavy (non-hydrogen) atoms. The first kappa shape index (κ1) is 22.1. The average molecular weight is 419 g/mol. The summed E-state index contributed by atoms with van der Waals surface area (Å²) in [5, 5.41) is 5.62. The van der Waals surface area contributed by atoms with Crippen molar-refractivity contribution in [1.29, 1.82) is 0 Å². The molecule has 0 radical (unpaired) electrons. The monoisotopic (exact) mass is 417 g/mol. The highest BCUT2D eigenvalue weighted by Crippen LogP contribution is 2.34. The molecule has 7 nitrogen and oxygen atoms in total. The van der Waals surface area contributed by atoms with Gasteiger partial charge in [0, 0.05) is 24.1 Å². The van der Waals surface area contributed by atoms with Crippen molar-refractivity contribution in [3.63, 3.8) is 0 Å². The van der Waals surface area contributed by atoms with Gasteiger partial charge in [0.25, 0.3) is 5.91 Å². The molecule has 0 fully saturated rings. The Balaban J connectivity index is 0.00000338. The van der Waals surface area contributed by atoms with Crippen LogP contribution in [0.1, 0.15) is 24.3 Å². The van der Waals surface area contributed by atoms with Gasteiger partial charge in [0.05, 0.1) is 27.8 Å². The third-order valence-electron chi connectivity index (χ3n) is 3.55. The molecule has 10 heteroatoms. The lowest BCUT2D eigenvalue weighted by atomic mass is 10.0. The standard InChI is InChI=1S/C16H17Cl2N5O2.ClH/c1-8(9(2)19)15(24)22-10-5-11(17)14(12(18)6-10)23-16(25)13-7-20-3-4-21-13;/h3-9H,19H2,1-2H3,(H,22,24)(H,23,25);1H. The van der Waals surface area contributed by atoms with Crippen LogP contribution in [-0.4, -0.2) is 27.8 Å². The number of carbonyl (C=O) groups is 2. The molecule has 0 saturated heterocycles. The predicted molar refractivity (Wildman–Crippen MR) is 105 cm³/mol. The van der Waals surface area contributed by atoms with Gasteiger partial charge in [-0.05, 0) is 19.1 Å². The SMILES string of the molecule is CC(N)C(C)C(=O)Nc1cc(Cl)c(NC(=O)c2cnccn2)c(Cl)c1.Cl. The number of hydrogen-bond acceptors (Lipinski definition) is 5. The van der Waals surface area contributed by atoms with Crippen LogP contribution in [0.4, 0.5) is 11.4 Å². The second-order valence-electron chi connectivity index (χ2n) is 5.50. The summed E-state index contributed by atoms with van der Waals surface area (Å²) in [7, 11) is 0. The molecule has 0 aliphatic carbocycles. The number of nitrogens with one attached hydrogen (secondary N) is 2. The number of hydrogen-bond donors (Lipinski definition) is 3. The van der Waals surface area contributed by atoms with Crippen molar-refractivity contribution in [3.05, 3.63) is 46.5 Å². The van der Waals surface area contributed by atoms with Crippen molar-refractivity contribution >= 4 is 58.8 Å². The zero-order valence-corrected chi connectivity index (χ0v) is 16.3. The van der Waals surface area contributed by atoms with Crippen LogP contribution < -0.4 is 16.4 Å². The lowest BCUT2D eigenvalue weighted by Crippen LogP contribution is -2.34. The van der Waals surface area contributed by atoms with Gasteiger partial charge in [-0.25, -0.2) is 4.98 Å². The summed E-state index contributed by atoms with van der Waals surface area (Å²) < 4.78 is 0. The van der Waals surface area contributed by atoms with E-state index < -0.39 is 5.91 Å². The molecule has 2 rings (SSSR count). The highest BCUT2D eigenvalue weighted by atomic mass is 35.5. The smallest absolute Gasteiger partial charge is 0.275 e. The highest BCUT2D eigenvalue weighted by molar-refractivity contribution is 6.40. The van der Waals surface area contributed by atoms with E-state index in [-0.39, 0.29) is 51.7 Å². The van der Waals surface area contributed by atoms with Crippen molar-refractivity contribution < 1.29 is 9.59 Å². The van der Waals surface area contributed by atoms with Gasteiger partial charge in [-0.3, -0.25) is 14.6 Å². The normalized spacial score (nSPS) is 12.5. The molecule has 2 atom stereocenters. The minimum atomic E-state index is -0.501. The van der Waals surface area contributed by atoms with Crippen LogP contribution in [0.3, 0.4) is 0 Å². The van der Waals surface area contributed by atoms with Crippen LogP contribution in [0, 0.1) is 5.92 Å². The van der Waals surface area contributed by atoms with Gasteiger partial charge in [-0.2, -0.15) is 0 Å². The Morgan fingerprint density at radius 2 is 1.73 bits per heavy atom. The second kappa shape index (κ2) is 9.68. The van der Waals surface area contributed by atoms with Gasteiger partial charge in [-0.15, -0.1) is 12.4 Å². The van der Waals surface area contributed by atoms with Crippen LogP contribution in [0.5, 0.6) is 0 Å². The molecular formula is C16H18Cl3N5O2. The number of anilines is 2. The number of rotatable bonds is 5. The van der Waals surface area contributed by atoms with Crippen molar-refractivity contribution in [1.82, 2.24) is 9.97 Å². The summed E-state index contributed by atoms with van der Waals surface area (Å²) in [4.78, 5) is 31.9. The van der Waals surface area contributed by atoms with Crippen LogP contribution in [0.2, 0.25) is 10.0 Å². The van der Waals surface area contributed by atoms with E-state index in [1.165, 1.54) is 30.7 Å². The zero-order valence-electron chi connectivity index (χ0n) is 14.0. The molecule has 0 saturated carbocycles. The molecule has 0 spiro atoms. The highest BCUT2D eigenvalue weighted by Gasteiger charge is 2.19. The van der Waals surface area contributed by atoms with E-state index in [0.29, 0.717) is 5.69 Å². The van der Waals surface area contributed by atoms with Crippen molar-refractivity contribution in [2.45, 2.75) is 19.9 Å². The van der Waals surface area contributed by atoms with Gasteiger partial charge in [-0.1, -0.05) is 30.1 Å². The maximum atomic E-state index is 12.1. The molecule has 0 aliphatic heterocycles. The van der Waals surface area contributed by atoms with E-state index in [2.05, 4.69) is 20.6 Å². The van der Waals surface area contributed by atoms with Gasteiger partial charge in [0.2, 0.25) is 5.91 Å². The molecule has 4 N–H and O–H groups in total. The molecular weight excluding hydrogens is 401 g/mol. The molecule has 1 aromatic carbocycles. The number of aromatic nitrogens is 2. The minimum absolute atomic E-state index is 0. The molecule has 1 heterocycles. The molecule has 1 aromatic heterocycles. The Hall–Kier alpha value is -1.93. The maximum absolute atomic E-state index is 12.1. The van der Waals surface area contributed by atoms with E-state index >= 15 is 0 Å². The van der Waals surface area contributed by atoms with Crippen LogP contribution in [0.15, 0.2) is 30.7 Å². The fourth-order valence-corrected chi connectivity index (χ4v) is 2.44. The van der Waals surface area contributed by atoms with Gasteiger partial charge >= 0.3 is 0 Å². The lowest BCUT2D eigenvalue weighted by molar-refractivity contribution is -0.119. The average Bonchev–Trinajstić information content (AvgIpc) is 2.57. The Kier molecular flexibility index (Phi) is 8.23. The van der Waals surface area contributed by atoms with Gasteiger partial charge < -0.3 is 16.4 Å². The molecule has 0 bridgehead atoms. The molecule has 2 amide bonds. The largest absolute Gasteiger partial charge is 0.327 e. The van der Waals surface area contributed by atoms with Crippen LogP contribution in [-0.2, 0) is 4.79 Å². The summed E-state index contributed by atoms with van der Waals surface area (Å²) >= 11 is 12.4. The van der Waals surface area contributed by atoms with E-state index in [4.69, 9.17) is 28.9 Å². The van der Waals surface area contributed by atoms with Gasteiger partial charge in [0.1, 0.15) is 5.69 Å². The van der Waals surface area contributed by atoms with Gasteiger partial charge in [0.15, 0.2) is 0 Å². The summed E-state index contributed by atoms with van der Waals surface area (Å²) in [5.74, 6) is -1.13. The first-order chi connectivity index (χ1) is 11.8. The minimum Gasteiger partial charge on any atom is -0.327 e. The fraction of sp³-hybridized carbons (Fsp3) is 0.250. The lowest BCUT2D eigenvalue weighted by Gasteiger charge is -2.16. The second-order valence-corrected chi connectivity index (χ2v) is 6.31. The number of amides is 2. The molecule has 2 aromatic rings. The van der Waals surface area contributed by atoms with Crippen molar-refractivity contribution in [2.24, 2.45) is 11.7 Å². The Morgan fingerprint density at radius 1 is 1.12 bits per heavy atom. The predicted octanol–water partition coefficient (Wildman–Crippen LogP) is 3.38. The number of benzene rings is 1. The first-order valence-corrected chi connectivity index (χ1v) is 8.18.